The van der Waals surface area contributed by atoms with Crippen LogP contribution in [0.4, 0.5) is 0 Å². The predicted molar refractivity (Wildman–Crippen MR) is 109 cm³/mol. The van der Waals surface area contributed by atoms with Crippen molar-refractivity contribution < 1.29 is 4.79 Å². The molecule has 1 aromatic carbocycles. The fraction of sp³-hybridized carbons (Fsp3) is 0.444. The van der Waals surface area contributed by atoms with Crippen LogP contribution >= 0.6 is 36.2 Å². The summed E-state index contributed by atoms with van der Waals surface area (Å²) in [5.41, 5.74) is 3.42. The molecule has 138 valence electrons. The number of aryl methyl sites for hydroxylation is 1. The minimum atomic E-state index is -0.000897. The molecule has 3 rings (SSSR count). The number of aromatic nitrogens is 1. The van der Waals surface area contributed by atoms with Crippen LogP contribution in [0.2, 0.25) is 0 Å². The highest BCUT2D eigenvalue weighted by Gasteiger charge is 2.19. The molecule has 2 aromatic rings. The van der Waals surface area contributed by atoms with Crippen molar-refractivity contribution in [1.29, 1.82) is 0 Å². The smallest absolute Gasteiger partial charge is 0.237 e. The normalized spacial score (nSPS) is 16.4. The monoisotopic (exact) mass is 401 g/mol. The van der Waals surface area contributed by atoms with Crippen molar-refractivity contribution >= 4 is 42.1 Å². The molecule has 4 nitrogen and oxygen atoms in total. The van der Waals surface area contributed by atoms with Crippen molar-refractivity contribution in [1.82, 2.24) is 15.6 Å². The summed E-state index contributed by atoms with van der Waals surface area (Å²) in [6, 6.07) is 8.45. The van der Waals surface area contributed by atoms with E-state index in [4.69, 9.17) is 0 Å². The van der Waals surface area contributed by atoms with Gasteiger partial charge in [-0.2, -0.15) is 0 Å². The number of benzene rings is 1. The van der Waals surface area contributed by atoms with Crippen molar-refractivity contribution in [3.63, 3.8) is 0 Å². The number of hydrogen-bond acceptors (Lipinski definition) is 4. The average molecular weight is 402 g/mol. The van der Waals surface area contributed by atoms with Gasteiger partial charge in [0.2, 0.25) is 5.91 Å². The maximum absolute atomic E-state index is 12.0. The molecule has 1 aromatic heterocycles. The molecule has 2 heterocycles. The summed E-state index contributed by atoms with van der Waals surface area (Å²) in [4.78, 5) is 16.6. The lowest BCUT2D eigenvalue weighted by molar-refractivity contribution is -0.123. The zero-order valence-corrected chi connectivity index (χ0v) is 16.7. The van der Waals surface area contributed by atoms with Crippen LogP contribution in [0, 0.1) is 6.92 Å². The van der Waals surface area contributed by atoms with E-state index in [1.54, 1.807) is 11.3 Å². The van der Waals surface area contributed by atoms with Gasteiger partial charge in [-0.25, -0.2) is 4.98 Å². The van der Waals surface area contributed by atoms with Gasteiger partial charge in [-0.05, 0) is 38.3 Å². The Hall–Kier alpha value is -1.14. The molecule has 1 amide bonds. The molecule has 25 heavy (non-hydrogen) atoms. The molecule has 1 aliphatic heterocycles. The van der Waals surface area contributed by atoms with E-state index in [1.165, 1.54) is 12.0 Å². The van der Waals surface area contributed by atoms with Crippen molar-refractivity contribution in [2.24, 2.45) is 0 Å². The number of carbonyl (C=O) groups is 1. The Labute approximate surface area is 165 Å². The van der Waals surface area contributed by atoms with Crippen molar-refractivity contribution in [2.75, 3.05) is 13.1 Å². The van der Waals surface area contributed by atoms with Gasteiger partial charge < -0.3 is 10.6 Å². The van der Waals surface area contributed by atoms with E-state index >= 15 is 0 Å². The highest BCUT2D eigenvalue weighted by molar-refractivity contribution is 7.09. The number of nitrogens with zero attached hydrogens (tertiary/aromatic N) is 1. The van der Waals surface area contributed by atoms with E-state index in [9.17, 15) is 4.79 Å². The average Bonchev–Trinajstić information content (AvgIpc) is 3.03. The van der Waals surface area contributed by atoms with E-state index in [0.29, 0.717) is 6.54 Å². The third-order valence-electron chi connectivity index (χ3n) is 4.21. The van der Waals surface area contributed by atoms with E-state index in [1.807, 2.05) is 6.92 Å². The van der Waals surface area contributed by atoms with Gasteiger partial charge in [0, 0.05) is 17.5 Å². The number of halogens is 2. The van der Waals surface area contributed by atoms with Gasteiger partial charge in [-0.15, -0.1) is 36.2 Å². The third kappa shape index (κ3) is 6.26. The molecule has 1 aliphatic rings. The quantitative estimate of drug-likeness (QED) is 0.801. The molecule has 2 N–H and O–H groups in total. The van der Waals surface area contributed by atoms with Gasteiger partial charge in [0.1, 0.15) is 0 Å². The highest BCUT2D eigenvalue weighted by Crippen LogP contribution is 2.21. The van der Waals surface area contributed by atoms with Crippen LogP contribution in [-0.4, -0.2) is 30.0 Å². The molecule has 0 spiro atoms. The van der Waals surface area contributed by atoms with Crippen LogP contribution in [0.1, 0.15) is 29.8 Å². The second kappa shape index (κ2) is 10.8. The standard InChI is InChI=1S/C18H23N3OS.2ClH/c1-13-21-17(12-23-13)15-7-5-14(6-8-15)9-11-20-18(22)16-4-2-3-10-19-16;;/h5-8,12,16,19H,2-4,9-11H2,1H3,(H,20,22);2*1H. The molecule has 0 radical (unpaired) electrons. The van der Waals surface area contributed by atoms with Crippen LogP contribution in [0.25, 0.3) is 11.3 Å². The molecule has 0 bridgehead atoms. The second-order valence-electron chi connectivity index (χ2n) is 5.99. The molecule has 1 unspecified atom stereocenters. The molecular weight excluding hydrogens is 377 g/mol. The lowest BCUT2D eigenvalue weighted by Gasteiger charge is -2.22. The minimum absolute atomic E-state index is 0. The van der Waals surface area contributed by atoms with Crippen LogP contribution in [0.3, 0.4) is 0 Å². The Kier molecular flexibility index (Phi) is 9.43. The van der Waals surface area contributed by atoms with Gasteiger partial charge in [0.05, 0.1) is 16.7 Å². The largest absolute Gasteiger partial charge is 0.354 e. The Bertz CT molecular complexity index is 655. The topological polar surface area (TPSA) is 54.0 Å². The molecular formula is C18H25Cl2N3OS. The first-order valence-electron chi connectivity index (χ1n) is 8.25. The van der Waals surface area contributed by atoms with Crippen molar-refractivity contribution in [3.05, 3.63) is 40.2 Å². The van der Waals surface area contributed by atoms with Crippen LogP contribution in [-0.2, 0) is 11.2 Å². The van der Waals surface area contributed by atoms with Gasteiger partial charge >= 0.3 is 0 Å². The fourth-order valence-corrected chi connectivity index (χ4v) is 3.49. The van der Waals surface area contributed by atoms with E-state index in [2.05, 4.69) is 45.3 Å². The number of rotatable bonds is 5. The number of nitrogens with one attached hydrogen (secondary N) is 2. The Morgan fingerprint density at radius 1 is 1.28 bits per heavy atom. The van der Waals surface area contributed by atoms with Gasteiger partial charge in [0.25, 0.3) is 0 Å². The fourth-order valence-electron chi connectivity index (χ4n) is 2.87. The molecule has 1 atom stereocenters. The number of carbonyl (C=O) groups excluding carboxylic acids is 1. The molecule has 1 saturated heterocycles. The zero-order valence-electron chi connectivity index (χ0n) is 14.3. The highest BCUT2D eigenvalue weighted by atomic mass is 35.5. The van der Waals surface area contributed by atoms with E-state index < -0.39 is 0 Å². The van der Waals surface area contributed by atoms with E-state index in [-0.39, 0.29) is 36.8 Å². The summed E-state index contributed by atoms with van der Waals surface area (Å²) in [6.07, 6.45) is 4.12. The zero-order chi connectivity index (χ0) is 16.1. The lowest BCUT2D eigenvalue weighted by Crippen LogP contribution is -2.47. The number of piperidine rings is 1. The Morgan fingerprint density at radius 2 is 2.04 bits per heavy atom. The van der Waals surface area contributed by atoms with Crippen LogP contribution in [0.15, 0.2) is 29.6 Å². The van der Waals surface area contributed by atoms with E-state index in [0.717, 1.165) is 42.1 Å². The number of hydrogen-bond donors (Lipinski definition) is 2. The van der Waals surface area contributed by atoms with Crippen molar-refractivity contribution in [2.45, 2.75) is 38.6 Å². The predicted octanol–water partition coefficient (Wildman–Crippen LogP) is 3.76. The summed E-state index contributed by atoms with van der Waals surface area (Å²) in [5.74, 6) is 0.138. The maximum atomic E-state index is 12.0. The summed E-state index contributed by atoms with van der Waals surface area (Å²) >= 11 is 1.67. The first-order valence-corrected chi connectivity index (χ1v) is 9.13. The Morgan fingerprint density at radius 3 is 2.64 bits per heavy atom. The van der Waals surface area contributed by atoms with Crippen LogP contribution < -0.4 is 10.6 Å². The molecule has 0 aliphatic carbocycles. The minimum Gasteiger partial charge on any atom is -0.354 e. The van der Waals surface area contributed by atoms with Crippen molar-refractivity contribution in [3.8, 4) is 11.3 Å². The number of amides is 1. The van der Waals surface area contributed by atoms with Gasteiger partial charge in [-0.1, -0.05) is 30.7 Å². The Balaban J connectivity index is 0.00000156. The number of thiazole rings is 1. The maximum Gasteiger partial charge on any atom is 0.237 e. The first-order chi connectivity index (χ1) is 11.2. The summed E-state index contributed by atoms with van der Waals surface area (Å²) < 4.78 is 0. The SMILES string of the molecule is Cc1nc(-c2ccc(CCNC(=O)C3CCCCN3)cc2)cs1.Cl.Cl. The van der Waals surface area contributed by atoms with Gasteiger partial charge in [-0.3, -0.25) is 4.79 Å². The summed E-state index contributed by atoms with van der Waals surface area (Å²) in [6.45, 7) is 3.66. The summed E-state index contributed by atoms with van der Waals surface area (Å²) in [5, 5.41) is 9.49. The third-order valence-corrected chi connectivity index (χ3v) is 4.98. The van der Waals surface area contributed by atoms with Gasteiger partial charge in [0.15, 0.2) is 0 Å². The first kappa shape index (κ1) is 21.9. The molecule has 1 fully saturated rings. The summed E-state index contributed by atoms with van der Waals surface area (Å²) in [7, 11) is 0. The molecule has 0 saturated carbocycles. The van der Waals surface area contributed by atoms with Crippen LogP contribution in [0.5, 0.6) is 0 Å². The second-order valence-corrected chi connectivity index (χ2v) is 7.05. The molecule has 7 heteroatoms. The lowest BCUT2D eigenvalue weighted by atomic mass is 10.0.